The van der Waals surface area contributed by atoms with Crippen molar-refractivity contribution in [2.45, 2.75) is 67.7 Å². The molecule has 0 amide bonds. The van der Waals surface area contributed by atoms with Gasteiger partial charge in [-0.1, -0.05) is 63.9 Å². The SMILES string of the molecule is CCCCCN(CC)CC.CCN(CC)c1ccc2c(-c3ccccc3)c3ccc(=[N+](CC)CC)cc-3oc2c1.CN. The predicted octanol–water partition coefficient (Wildman–Crippen LogP) is 7.96. The molecule has 4 rings (SSSR count). The minimum Gasteiger partial charge on any atom is -0.456 e. The molecule has 0 radical (unpaired) electrons. The van der Waals surface area contributed by atoms with E-state index in [2.05, 4.69) is 135 Å². The summed E-state index contributed by atoms with van der Waals surface area (Å²) in [4.78, 5) is 4.84. The Kier molecular flexibility index (Phi) is 16.0. The molecule has 2 aromatic carbocycles. The molecule has 5 heteroatoms. The summed E-state index contributed by atoms with van der Waals surface area (Å²) in [5, 5.41) is 2.36. The smallest absolute Gasteiger partial charge is 0.203 e. The largest absolute Gasteiger partial charge is 0.456 e. The first-order valence-corrected chi connectivity index (χ1v) is 16.2. The standard InChI is InChI=1S/C27H31N2O.C9H21N.CH5N/c1-5-28(6-2)21-14-16-23-25(18-21)30-26-19-22(29(7-3)8-4)15-17-24(26)27(23)20-12-10-9-11-13-20;1-4-7-8-9-10(5-2)6-3;1-2/h9-19H,5-8H2,1-4H3;4-9H2,1-3H3;2H2,1H3/q+1;;. The van der Waals surface area contributed by atoms with Gasteiger partial charge in [0.15, 0.2) is 0 Å². The van der Waals surface area contributed by atoms with Gasteiger partial charge in [-0.3, -0.25) is 0 Å². The van der Waals surface area contributed by atoms with E-state index >= 15 is 0 Å². The summed E-state index contributed by atoms with van der Waals surface area (Å²) in [5.41, 5.74) is 10.2. The number of hydrogen-bond acceptors (Lipinski definition) is 4. The Labute approximate surface area is 256 Å². The Balaban J connectivity index is 0.000000438. The molecule has 1 aliphatic carbocycles. The molecule has 1 heterocycles. The van der Waals surface area contributed by atoms with Crippen LogP contribution in [0.3, 0.4) is 0 Å². The molecule has 2 aliphatic rings. The molecule has 2 aromatic rings. The van der Waals surface area contributed by atoms with E-state index in [0.717, 1.165) is 48.5 Å². The lowest BCUT2D eigenvalue weighted by atomic mass is 9.93. The van der Waals surface area contributed by atoms with Gasteiger partial charge < -0.3 is 20.0 Å². The summed E-state index contributed by atoms with van der Waals surface area (Å²) in [6, 6.07) is 23.9. The van der Waals surface area contributed by atoms with Crippen LogP contribution in [0.1, 0.15) is 67.7 Å². The Hall–Kier alpha value is -3.15. The summed E-state index contributed by atoms with van der Waals surface area (Å²) in [7, 11) is 1.50. The van der Waals surface area contributed by atoms with Gasteiger partial charge in [0.2, 0.25) is 5.36 Å². The van der Waals surface area contributed by atoms with E-state index < -0.39 is 0 Å². The Bertz CT molecular complexity index is 1330. The van der Waals surface area contributed by atoms with E-state index in [1.165, 1.54) is 68.1 Å². The number of rotatable bonds is 12. The van der Waals surface area contributed by atoms with Crippen molar-refractivity contribution in [3.8, 4) is 22.5 Å². The van der Waals surface area contributed by atoms with Crippen molar-refractivity contribution in [1.82, 2.24) is 9.48 Å². The molecule has 2 N–H and O–H groups in total. The van der Waals surface area contributed by atoms with Gasteiger partial charge in [-0.2, -0.15) is 0 Å². The third kappa shape index (κ3) is 9.17. The first-order valence-electron chi connectivity index (χ1n) is 16.2. The molecule has 230 valence electrons. The number of unbranched alkanes of at least 4 members (excludes halogenated alkanes) is 2. The molecule has 5 nitrogen and oxygen atoms in total. The first-order chi connectivity index (χ1) is 20.5. The van der Waals surface area contributed by atoms with Gasteiger partial charge in [-0.15, -0.1) is 0 Å². The second-order valence-corrected chi connectivity index (χ2v) is 10.3. The van der Waals surface area contributed by atoms with Crippen molar-refractivity contribution in [2.75, 3.05) is 57.8 Å². The Morgan fingerprint density at radius 2 is 1.38 bits per heavy atom. The van der Waals surface area contributed by atoms with Crippen LogP contribution < -0.4 is 20.6 Å². The molecule has 1 aliphatic heterocycles. The number of anilines is 1. The fraction of sp³-hybridized carbons (Fsp3) is 0.486. The van der Waals surface area contributed by atoms with Crippen LogP contribution >= 0.6 is 0 Å². The number of benzene rings is 3. The lowest BCUT2D eigenvalue weighted by Gasteiger charge is -2.22. The molecule has 0 aromatic heterocycles. The van der Waals surface area contributed by atoms with Gasteiger partial charge in [0, 0.05) is 47.4 Å². The number of fused-ring (bicyclic) bond motifs is 2. The predicted molar refractivity (Wildman–Crippen MR) is 186 cm³/mol. The lowest BCUT2D eigenvalue weighted by Crippen LogP contribution is -2.29. The maximum atomic E-state index is 6.51. The highest BCUT2D eigenvalue weighted by molar-refractivity contribution is 6.02. The van der Waals surface area contributed by atoms with E-state index in [4.69, 9.17) is 4.42 Å². The lowest BCUT2D eigenvalue weighted by molar-refractivity contribution is 0.296. The van der Waals surface area contributed by atoms with Crippen LogP contribution in [0.4, 0.5) is 5.69 Å². The van der Waals surface area contributed by atoms with E-state index in [9.17, 15) is 0 Å². The van der Waals surface area contributed by atoms with Gasteiger partial charge in [0.05, 0.1) is 6.07 Å². The highest BCUT2D eigenvalue weighted by atomic mass is 16.3. The molecular weight excluding hydrogens is 516 g/mol. The second kappa shape index (κ2) is 19.1. The monoisotopic (exact) mass is 573 g/mol. The first kappa shape index (κ1) is 35.0. The van der Waals surface area contributed by atoms with Gasteiger partial charge in [0.25, 0.3) is 0 Å². The third-order valence-electron chi connectivity index (χ3n) is 7.98. The summed E-state index contributed by atoms with van der Waals surface area (Å²) >= 11 is 0. The fourth-order valence-electron chi connectivity index (χ4n) is 5.48. The van der Waals surface area contributed by atoms with Gasteiger partial charge in [0.1, 0.15) is 24.4 Å². The summed E-state index contributed by atoms with van der Waals surface area (Å²) in [5.74, 6) is 0.933. The minimum atomic E-state index is 0.933. The van der Waals surface area contributed by atoms with E-state index in [-0.39, 0.29) is 0 Å². The molecule has 0 bridgehead atoms. The Morgan fingerprint density at radius 1 is 0.714 bits per heavy atom. The molecule has 0 fully saturated rings. The molecule has 0 unspecified atom stereocenters. The van der Waals surface area contributed by atoms with Gasteiger partial charge >= 0.3 is 0 Å². The zero-order chi connectivity index (χ0) is 30.9. The molecule has 0 saturated carbocycles. The number of nitrogens with zero attached hydrogens (tertiary/aromatic N) is 3. The number of nitrogens with two attached hydrogens (primary N) is 1. The van der Waals surface area contributed by atoms with Crippen LogP contribution in [-0.4, -0.2) is 57.8 Å². The topological polar surface area (TPSA) is 48.7 Å². The van der Waals surface area contributed by atoms with Crippen molar-refractivity contribution in [1.29, 1.82) is 0 Å². The van der Waals surface area contributed by atoms with Crippen LogP contribution in [0.2, 0.25) is 0 Å². The molecule has 42 heavy (non-hydrogen) atoms. The van der Waals surface area contributed by atoms with Crippen molar-refractivity contribution in [3.63, 3.8) is 0 Å². The van der Waals surface area contributed by atoms with Crippen molar-refractivity contribution >= 4 is 16.7 Å². The molecule has 0 saturated heterocycles. The average Bonchev–Trinajstić information content (AvgIpc) is 3.04. The van der Waals surface area contributed by atoms with E-state index in [0.29, 0.717) is 0 Å². The minimum absolute atomic E-state index is 0.933. The average molecular weight is 574 g/mol. The third-order valence-corrected chi connectivity index (χ3v) is 7.98. The zero-order valence-corrected chi connectivity index (χ0v) is 27.7. The Morgan fingerprint density at radius 3 is 1.95 bits per heavy atom. The molecular formula is C37H57N4O+. The van der Waals surface area contributed by atoms with E-state index in [1.807, 2.05) is 0 Å². The van der Waals surface area contributed by atoms with Crippen LogP contribution in [0, 0.1) is 0 Å². The molecule has 0 spiro atoms. The second-order valence-electron chi connectivity index (χ2n) is 10.3. The van der Waals surface area contributed by atoms with Crippen LogP contribution in [0.5, 0.6) is 0 Å². The van der Waals surface area contributed by atoms with Crippen LogP contribution in [-0.2, 0) is 0 Å². The molecule has 0 atom stereocenters. The fourth-order valence-corrected chi connectivity index (χ4v) is 5.48. The van der Waals surface area contributed by atoms with Crippen LogP contribution in [0.25, 0.3) is 33.4 Å². The highest BCUT2D eigenvalue weighted by Crippen LogP contribution is 2.40. The van der Waals surface area contributed by atoms with Crippen molar-refractivity contribution in [3.05, 3.63) is 72.1 Å². The normalized spacial score (nSPS) is 10.7. The maximum Gasteiger partial charge on any atom is 0.203 e. The summed E-state index contributed by atoms with van der Waals surface area (Å²) in [6.07, 6.45) is 4.09. The van der Waals surface area contributed by atoms with Crippen molar-refractivity contribution in [2.24, 2.45) is 5.73 Å². The summed E-state index contributed by atoms with van der Waals surface area (Å²) < 4.78 is 8.87. The van der Waals surface area contributed by atoms with Crippen LogP contribution in [0.15, 0.2) is 71.1 Å². The van der Waals surface area contributed by atoms with Gasteiger partial charge in [-0.25, -0.2) is 4.58 Å². The maximum absolute atomic E-state index is 6.51. The summed E-state index contributed by atoms with van der Waals surface area (Å²) in [6.45, 7) is 23.1. The van der Waals surface area contributed by atoms with Crippen molar-refractivity contribution < 1.29 is 4.42 Å². The van der Waals surface area contributed by atoms with Gasteiger partial charge in [-0.05, 0) is 84.6 Å². The van der Waals surface area contributed by atoms with E-state index in [1.54, 1.807) is 0 Å². The quantitative estimate of drug-likeness (QED) is 0.106. The highest BCUT2D eigenvalue weighted by Gasteiger charge is 2.19. The number of hydrogen-bond donors (Lipinski definition) is 1. The zero-order valence-electron chi connectivity index (χ0n) is 27.7.